The molecule has 160 valence electrons. The van der Waals surface area contributed by atoms with Crippen molar-refractivity contribution >= 4 is 34.8 Å². The maximum atomic E-state index is 12.7. The summed E-state index contributed by atoms with van der Waals surface area (Å²) < 4.78 is 5.62. The smallest absolute Gasteiger partial charge is 0.255 e. The lowest BCUT2D eigenvalue weighted by Crippen LogP contribution is -2.34. The van der Waals surface area contributed by atoms with Crippen LogP contribution in [0.3, 0.4) is 0 Å². The van der Waals surface area contributed by atoms with Crippen molar-refractivity contribution < 1.29 is 14.0 Å². The lowest BCUT2D eigenvalue weighted by Gasteiger charge is -2.24. The van der Waals surface area contributed by atoms with Gasteiger partial charge in [-0.15, -0.1) is 0 Å². The molecule has 1 unspecified atom stereocenters. The van der Waals surface area contributed by atoms with E-state index in [-0.39, 0.29) is 18.4 Å². The fraction of sp³-hybridized carbons (Fsp3) is 0.250. The number of para-hydroxylation sites is 1. The number of carbonyl (C=O) groups excluding carboxylic acids is 2. The Morgan fingerprint density at radius 2 is 2.00 bits per heavy atom. The molecule has 1 aliphatic heterocycles. The van der Waals surface area contributed by atoms with Crippen LogP contribution in [0.2, 0.25) is 5.02 Å². The molecular weight excluding hydrogens is 414 g/mol. The van der Waals surface area contributed by atoms with Gasteiger partial charge in [0.1, 0.15) is 5.76 Å². The van der Waals surface area contributed by atoms with Gasteiger partial charge in [0.25, 0.3) is 5.91 Å². The van der Waals surface area contributed by atoms with Crippen molar-refractivity contribution in [1.82, 2.24) is 5.32 Å². The Hall–Kier alpha value is -3.25. The Bertz CT molecular complexity index is 1120. The molecule has 0 spiro atoms. The van der Waals surface area contributed by atoms with Crippen LogP contribution in [0.25, 0.3) is 0 Å². The van der Waals surface area contributed by atoms with Gasteiger partial charge in [-0.3, -0.25) is 9.59 Å². The van der Waals surface area contributed by atoms with Gasteiger partial charge in [0.05, 0.1) is 35.6 Å². The summed E-state index contributed by atoms with van der Waals surface area (Å²) in [6, 6.07) is 15.6. The van der Waals surface area contributed by atoms with Gasteiger partial charge >= 0.3 is 0 Å². The number of hydrogen-bond acceptors (Lipinski definition) is 4. The second-order valence-electron chi connectivity index (χ2n) is 7.78. The van der Waals surface area contributed by atoms with Crippen LogP contribution in [0.5, 0.6) is 0 Å². The Morgan fingerprint density at radius 3 is 2.81 bits per heavy atom. The van der Waals surface area contributed by atoms with Crippen molar-refractivity contribution in [1.29, 1.82) is 0 Å². The van der Waals surface area contributed by atoms with E-state index in [1.165, 1.54) is 11.8 Å². The van der Waals surface area contributed by atoms with Crippen molar-refractivity contribution in [3.63, 3.8) is 0 Å². The number of hydrogen-bond donors (Lipinski definition) is 2. The lowest BCUT2D eigenvalue weighted by molar-refractivity contribution is -0.115. The summed E-state index contributed by atoms with van der Waals surface area (Å²) >= 11 is 6.15. The fourth-order valence-electron chi connectivity index (χ4n) is 3.86. The highest BCUT2D eigenvalue weighted by molar-refractivity contribution is 6.33. The van der Waals surface area contributed by atoms with Gasteiger partial charge < -0.3 is 20.0 Å². The van der Waals surface area contributed by atoms with Crippen LogP contribution in [0.15, 0.2) is 59.2 Å². The molecule has 0 saturated carbocycles. The summed E-state index contributed by atoms with van der Waals surface area (Å²) in [5.41, 5.74) is 4.39. The van der Waals surface area contributed by atoms with Crippen LogP contribution >= 0.6 is 11.6 Å². The summed E-state index contributed by atoms with van der Waals surface area (Å²) in [4.78, 5) is 27.2. The molecule has 1 atom stereocenters. The number of aryl methyl sites for hydroxylation is 1. The number of halogens is 1. The van der Waals surface area contributed by atoms with E-state index < -0.39 is 0 Å². The fourth-order valence-corrected chi connectivity index (χ4v) is 4.14. The minimum Gasteiger partial charge on any atom is -0.467 e. The third kappa shape index (κ3) is 4.59. The van der Waals surface area contributed by atoms with E-state index in [1.54, 1.807) is 18.2 Å². The van der Waals surface area contributed by atoms with Gasteiger partial charge in [0.15, 0.2) is 0 Å². The predicted molar refractivity (Wildman–Crippen MR) is 122 cm³/mol. The van der Waals surface area contributed by atoms with E-state index in [0.717, 1.165) is 17.7 Å². The monoisotopic (exact) mass is 437 g/mol. The molecule has 2 aromatic carbocycles. The maximum Gasteiger partial charge on any atom is 0.255 e. The summed E-state index contributed by atoms with van der Waals surface area (Å²) in [5.74, 6) is -0.136. The summed E-state index contributed by atoms with van der Waals surface area (Å²) in [6.07, 6.45) is 2.46. The van der Waals surface area contributed by atoms with Crippen LogP contribution < -0.4 is 15.5 Å². The molecule has 0 radical (unpaired) electrons. The molecule has 4 rings (SSSR count). The van der Waals surface area contributed by atoms with Crippen molar-refractivity contribution in [2.24, 2.45) is 0 Å². The van der Waals surface area contributed by atoms with Gasteiger partial charge in [-0.2, -0.15) is 0 Å². The van der Waals surface area contributed by atoms with Gasteiger partial charge in [-0.1, -0.05) is 35.9 Å². The molecule has 1 aromatic heterocycles. The second kappa shape index (κ2) is 8.86. The van der Waals surface area contributed by atoms with E-state index in [2.05, 4.69) is 34.6 Å². The second-order valence-corrected chi connectivity index (χ2v) is 8.19. The number of benzene rings is 2. The molecular formula is C24H24ClN3O3. The number of rotatable bonds is 6. The van der Waals surface area contributed by atoms with E-state index in [1.807, 2.05) is 25.1 Å². The van der Waals surface area contributed by atoms with Gasteiger partial charge in [-0.25, -0.2) is 0 Å². The lowest BCUT2D eigenvalue weighted by atomic mass is 10.1. The molecule has 0 fully saturated rings. The van der Waals surface area contributed by atoms with Crippen molar-refractivity contribution in [3.05, 3.63) is 82.3 Å². The van der Waals surface area contributed by atoms with Crippen molar-refractivity contribution in [2.75, 3.05) is 16.8 Å². The minimum atomic E-state index is -0.355. The normalized spacial score (nSPS) is 14.9. The SMILES string of the molecule is Cc1ccc(NC(=O)CNC(=O)c2ccoc2CN2c3ccccc3CC2C)c(Cl)c1. The zero-order chi connectivity index (χ0) is 22.0. The minimum absolute atomic E-state index is 0.170. The molecule has 0 bridgehead atoms. The van der Waals surface area contributed by atoms with Gasteiger partial charge in [-0.05, 0) is 55.7 Å². The average Bonchev–Trinajstić information content (AvgIpc) is 3.33. The Labute approximate surface area is 186 Å². The molecule has 3 aromatic rings. The first-order valence-electron chi connectivity index (χ1n) is 10.2. The summed E-state index contributed by atoms with van der Waals surface area (Å²) in [5, 5.41) is 5.83. The molecule has 0 saturated heterocycles. The van der Waals surface area contributed by atoms with Crippen LogP contribution in [0.1, 0.15) is 34.2 Å². The Balaban J connectivity index is 1.38. The first-order valence-corrected chi connectivity index (χ1v) is 10.6. The number of nitrogens with one attached hydrogen (secondary N) is 2. The van der Waals surface area contributed by atoms with Crippen molar-refractivity contribution in [3.8, 4) is 0 Å². The van der Waals surface area contributed by atoms with Gasteiger partial charge in [0, 0.05) is 11.7 Å². The van der Waals surface area contributed by atoms with Crippen LogP contribution in [-0.2, 0) is 17.8 Å². The van der Waals surface area contributed by atoms with Crippen LogP contribution in [0, 0.1) is 6.92 Å². The largest absolute Gasteiger partial charge is 0.467 e. The van der Waals surface area contributed by atoms with E-state index in [0.29, 0.717) is 34.6 Å². The third-order valence-corrected chi connectivity index (χ3v) is 5.77. The third-order valence-electron chi connectivity index (χ3n) is 5.46. The molecule has 2 heterocycles. The quantitative estimate of drug-likeness (QED) is 0.592. The summed E-state index contributed by atoms with van der Waals surface area (Å²) in [7, 11) is 0. The highest BCUT2D eigenvalue weighted by atomic mass is 35.5. The van der Waals surface area contributed by atoms with Crippen LogP contribution in [0.4, 0.5) is 11.4 Å². The first kappa shape index (κ1) is 21.0. The predicted octanol–water partition coefficient (Wildman–Crippen LogP) is 4.56. The number of carbonyl (C=O) groups is 2. The number of fused-ring (bicyclic) bond motifs is 1. The molecule has 31 heavy (non-hydrogen) atoms. The van der Waals surface area contributed by atoms with Gasteiger partial charge in [0.2, 0.25) is 5.91 Å². The number of amides is 2. The zero-order valence-corrected chi connectivity index (χ0v) is 18.2. The highest BCUT2D eigenvalue weighted by Gasteiger charge is 2.28. The van der Waals surface area contributed by atoms with Crippen molar-refractivity contribution in [2.45, 2.75) is 32.9 Å². The highest BCUT2D eigenvalue weighted by Crippen LogP contribution is 2.33. The Morgan fingerprint density at radius 1 is 1.19 bits per heavy atom. The first-order chi connectivity index (χ1) is 14.9. The maximum absolute atomic E-state index is 12.7. The average molecular weight is 438 g/mol. The number of anilines is 2. The number of nitrogens with zero attached hydrogens (tertiary/aromatic N) is 1. The molecule has 1 aliphatic rings. The summed E-state index contributed by atoms with van der Waals surface area (Å²) in [6.45, 7) is 4.39. The van der Waals surface area contributed by atoms with Crippen LogP contribution in [-0.4, -0.2) is 24.4 Å². The van der Waals surface area contributed by atoms with E-state index in [9.17, 15) is 9.59 Å². The molecule has 0 aliphatic carbocycles. The molecule has 7 heteroatoms. The number of furan rings is 1. The van der Waals surface area contributed by atoms with E-state index in [4.69, 9.17) is 16.0 Å². The molecule has 2 N–H and O–H groups in total. The Kier molecular flexibility index (Phi) is 6.00. The molecule has 6 nitrogen and oxygen atoms in total. The standard InChI is InChI=1S/C24H24ClN3O3/c1-15-7-8-20(19(25)11-15)27-23(29)13-26-24(30)18-9-10-31-22(18)14-28-16(2)12-17-5-3-4-6-21(17)28/h3-11,16H,12-14H2,1-2H3,(H,26,30)(H,27,29). The van der Waals surface area contributed by atoms with E-state index >= 15 is 0 Å². The molecule has 2 amide bonds. The topological polar surface area (TPSA) is 74.6 Å². The zero-order valence-electron chi connectivity index (χ0n) is 17.4.